The molecule has 2 N–H and O–H groups in total. The number of nitrogens with one attached hydrogen (secondary N) is 2. The third-order valence-electron chi connectivity index (χ3n) is 4.80. The van der Waals surface area contributed by atoms with E-state index in [-0.39, 0.29) is 40.8 Å². The van der Waals surface area contributed by atoms with Crippen molar-refractivity contribution >= 4 is 23.6 Å². The van der Waals surface area contributed by atoms with Gasteiger partial charge in [0.1, 0.15) is 0 Å². The second-order valence-corrected chi connectivity index (χ2v) is 7.82. The lowest BCUT2D eigenvalue weighted by Gasteiger charge is -2.19. The molecule has 0 unspecified atom stereocenters. The zero-order valence-corrected chi connectivity index (χ0v) is 15.2. The van der Waals surface area contributed by atoms with Gasteiger partial charge in [-0.1, -0.05) is 0 Å². The van der Waals surface area contributed by atoms with Crippen molar-refractivity contribution in [3.05, 3.63) is 23.8 Å². The number of rotatable bonds is 4. The Morgan fingerprint density at radius 3 is 2.93 bits per heavy atom. The van der Waals surface area contributed by atoms with Gasteiger partial charge in [0.25, 0.3) is 5.91 Å². The molecule has 0 bridgehead atoms. The van der Waals surface area contributed by atoms with Crippen molar-refractivity contribution in [1.29, 1.82) is 0 Å². The number of carbonyl (C=O) groups is 2. The van der Waals surface area contributed by atoms with Crippen LogP contribution in [0.2, 0.25) is 0 Å². The smallest absolute Gasteiger partial charge is 0.395 e. The van der Waals surface area contributed by atoms with Crippen molar-refractivity contribution in [2.75, 3.05) is 31.3 Å². The number of alkyl halides is 2. The van der Waals surface area contributed by atoms with Crippen LogP contribution < -0.4 is 20.1 Å². The Bertz CT molecular complexity index is 758. The normalized spacial score (nSPS) is 25.6. The van der Waals surface area contributed by atoms with E-state index in [1.807, 2.05) is 4.90 Å². The summed E-state index contributed by atoms with van der Waals surface area (Å²) >= 11 is 1.74. The Morgan fingerprint density at radius 1 is 1.33 bits per heavy atom. The topological polar surface area (TPSA) is 79.9 Å². The van der Waals surface area contributed by atoms with Gasteiger partial charge in [0, 0.05) is 31.0 Å². The van der Waals surface area contributed by atoms with Gasteiger partial charge in [0.15, 0.2) is 11.5 Å². The molecule has 4 rings (SSSR count). The van der Waals surface area contributed by atoms with E-state index in [0.717, 1.165) is 18.2 Å². The highest BCUT2D eigenvalue weighted by Gasteiger charge is 2.43. The van der Waals surface area contributed by atoms with Crippen LogP contribution in [0.15, 0.2) is 18.2 Å². The van der Waals surface area contributed by atoms with Crippen molar-refractivity contribution in [3.63, 3.8) is 0 Å². The zero-order valence-electron chi connectivity index (χ0n) is 14.4. The Balaban J connectivity index is 1.28. The summed E-state index contributed by atoms with van der Waals surface area (Å²) < 4.78 is 34.8. The highest BCUT2D eigenvalue weighted by atomic mass is 32.2. The van der Waals surface area contributed by atoms with E-state index < -0.39 is 6.29 Å². The summed E-state index contributed by atoms with van der Waals surface area (Å²) in [6.07, 6.45) is -3.05. The lowest BCUT2D eigenvalue weighted by atomic mass is 10.0. The summed E-state index contributed by atoms with van der Waals surface area (Å²) in [6.45, 7) is 1.83. The SMILES string of the molecule is O=C(NC[C@@H]1CN[C@H](C(=O)N2CCSC2)C1)c1ccc2c(c1)OC(F)(F)O2. The molecule has 27 heavy (non-hydrogen) atoms. The van der Waals surface area contributed by atoms with Gasteiger partial charge in [0.05, 0.1) is 11.9 Å². The maximum absolute atomic E-state index is 13.1. The van der Waals surface area contributed by atoms with Gasteiger partial charge in [0.2, 0.25) is 5.91 Å². The molecule has 0 saturated carbocycles. The Kier molecular flexibility index (Phi) is 4.85. The predicted molar refractivity (Wildman–Crippen MR) is 93.9 cm³/mol. The van der Waals surface area contributed by atoms with Gasteiger partial charge in [-0.3, -0.25) is 9.59 Å². The molecule has 0 radical (unpaired) electrons. The first-order valence-corrected chi connectivity index (χ1v) is 9.85. The Hall–Kier alpha value is -2.07. The van der Waals surface area contributed by atoms with Crippen molar-refractivity contribution < 1.29 is 27.8 Å². The first-order valence-electron chi connectivity index (χ1n) is 8.69. The molecule has 146 valence electrons. The molecule has 3 aliphatic heterocycles. The number of carbonyl (C=O) groups excluding carboxylic acids is 2. The van der Waals surface area contributed by atoms with Gasteiger partial charge in [-0.05, 0) is 30.5 Å². The largest absolute Gasteiger partial charge is 0.586 e. The Morgan fingerprint density at radius 2 is 2.15 bits per heavy atom. The minimum absolute atomic E-state index is 0.0991. The third-order valence-corrected chi connectivity index (χ3v) is 5.76. The fourth-order valence-corrected chi connectivity index (χ4v) is 4.35. The molecular weight excluding hydrogens is 380 g/mol. The van der Waals surface area contributed by atoms with Crippen LogP contribution in [0.5, 0.6) is 11.5 Å². The van der Waals surface area contributed by atoms with Crippen LogP contribution in [0.3, 0.4) is 0 Å². The first kappa shape index (κ1) is 18.3. The monoisotopic (exact) mass is 399 g/mol. The van der Waals surface area contributed by atoms with E-state index in [4.69, 9.17) is 0 Å². The van der Waals surface area contributed by atoms with E-state index in [1.54, 1.807) is 11.8 Å². The zero-order chi connectivity index (χ0) is 19.0. The number of benzene rings is 1. The molecule has 2 amide bonds. The van der Waals surface area contributed by atoms with Crippen LogP contribution in [-0.4, -0.2) is 60.3 Å². The number of hydrogen-bond acceptors (Lipinski definition) is 6. The number of nitrogens with zero attached hydrogens (tertiary/aromatic N) is 1. The van der Waals surface area contributed by atoms with Crippen LogP contribution >= 0.6 is 11.8 Å². The fraction of sp³-hybridized carbons (Fsp3) is 0.529. The molecule has 0 spiro atoms. The van der Waals surface area contributed by atoms with Crippen LogP contribution in [-0.2, 0) is 4.79 Å². The predicted octanol–water partition coefficient (Wildman–Crippen LogP) is 1.25. The summed E-state index contributed by atoms with van der Waals surface area (Å²) in [5, 5.41) is 6.01. The van der Waals surface area contributed by atoms with E-state index >= 15 is 0 Å². The molecule has 10 heteroatoms. The highest BCUT2D eigenvalue weighted by molar-refractivity contribution is 7.99. The van der Waals surface area contributed by atoms with E-state index in [0.29, 0.717) is 19.5 Å². The lowest BCUT2D eigenvalue weighted by molar-refractivity contribution is -0.286. The average molecular weight is 399 g/mol. The fourth-order valence-electron chi connectivity index (χ4n) is 3.39. The van der Waals surface area contributed by atoms with Crippen molar-refractivity contribution in [2.24, 2.45) is 5.92 Å². The number of fused-ring (bicyclic) bond motifs is 1. The highest BCUT2D eigenvalue weighted by Crippen LogP contribution is 2.41. The minimum Gasteiger partial charge on any atom is -0.395 e. The number of halogens is 2. The van der Waals surface area contributed by atoms with E-state index in [2.05, 4.69) is 20.1 Å². The van der Waals surface area contributed by atoms with Crippen LogP contribution in [0.4, 0.5) is 8.78 Å². The summed E-state index contributed by atoms with van der Waals surface area (Å²) in [6, 6.07) is 3.71. The standard InChI is InChI=1S/C17H19F2N3O4S/c18-17(19)25-13-2-1-11(6-14(13)26-17)15(23)21-8-10-5-12(20-7-10)16(24)22-3-4-27-9-22/h1-2,6,10,12,20H,3-5,7-9H2,(H,21,23)/t10-,12-/m0/s1. The third kappa shape index (κ3) is 3.96. The van der Waals surface area contributed by atoms with E-state index in [1.165, 1.54) is 18.2 Å². The number of hydrogen-bond donors (Lipinski definition) is 2. The molecule has 0 aromatic heterocycles. The maximum atomic E-state index is 13.1. The number of thioether (sulfide) groups is 1. The summed E-state index contributed by atoms with van der Waals surface area (Å²) in [4.78, 5) is 26.5. The minimum atomic E-state index is -3.71. The van der Waals surface area contributed by atoms with Crippen molar-refractivity contribution in [3.8, 4) is 11.5 Å². The lowest BCUT2D eigenvalue weighted by Crippen LogP contribution is -2.42. The molecular formula is C17H19F2N3O4S. The van der Waals surface area contributed by atoms with Crippen molar-refractivity contribution in [1.82, 2.24) is 15.5 Å². The Labute approximate surface area is 158 Å². The van der Waals surface area contributed by atoms with Gasteiger partial charge in [-0.25, -0.2) is 0 Å². The summed E-state index contributed by atoms with van der Waals surface area (Å²) in [5.41, 5.74) is 0.211. The number of amides is 2. The van der Waals surface area contributed by atoms with Crippen molar-refractivity contribution in [2.45, 2.75) is 18.8 Å². The molecule has 1 aromatic rings. The van der Waals surface area contributed by atoms with E-state index in [9.17, 15) is 18.4 Å². The maximum Gasteiger partial charge on any atom is 0.586 e. The van der Waals surface area contributed by atoms with Gasteiger partial charge in [-0.2, -0.15) is 0 Å². The molecule has 2 atom stereocenters. The molecule has 3 aliphatic rings. The second-order valence-electron chi connectivity index (χ2n) is 6.74. The number of ether oxygens (including phenoxy) is 2. The summed E-state index contributed by atoms with van der Waals surface area (Å²) in [5.74, 6) is 1.31. The molecule has 2 fully saturated rings. The molecule has 0 aliphatic carbocycles. The molecule has 1 aromatic carbocycles. The van der Waals surface area contributed by atoms with Gasteiger partial charge >= 0.3 is 6.29 Å². The van der Waals surface area contributed by atoms with Crippen LogP contribution in [0.25, 0.3) is 0 Å². The second kappa shape index (κ2) is 7.16. The first-order chi connectivity index (χ1) is 12.9. The molecule has 7 nitrogen and oxygen atoms in total. The summed E-state index contributed by atoms with van der Waals surface area (Å²) in [7, 11) is 0. The average Bonchev–Trinajstić information content (AvgIpc) is 3.36. The van der Waals surface area contributed by atoms with Gasteiger partial charge in [-0.15, -0.1) is 20.5 Å². The molecule has 2 saturated heterocycles. The van der Waals surface area contributed by atoms with Crippen LogP contribution in [0.1, 0.15) is 16.8 Å². The molecule has 3 heterocycles. The quantitative estimate of drug-likeness (QED) is 0.793. The van der Waals surface area contributed by atoms with Crippen LogP contribution in [0, 0.1) is 5.92 Å². The van der Waals surface area contributed by atoms with Gasteiger partial charge < -0.3 is 25.0 Å².